The van der Waals surface area contributed by atoms with Crippen molar-refractivity contribution in [3.8, 4) is 0 Å². The zero-order chi connectivity index (χ0) is 13.4. The molecule has 1 heterocycles. The average molecular weight is 254 g/mol. The largest absolute Gasteiger partial charge is 0.480 e. The van der Waals surface area contributed by atoms with Gasteiger partial charge in [0, 0.05) is 25.5 Å². The molecule has 7 nitrogen and oxygen atoms in total. The van der Waals surface area contributed by atoms with Crippen molar-refractivity contribution < 1.29 is 14.7 Å². The number of aryl methyl sites for hydroxylation is 1. The van der Waals surface area contributed by atoms with Crippen molar-refractivity contribution in [1.29, 1.82) is 0 Å². The first-order valence-corrected chi connectivity index (χ1v) is 5.86. The summed E-state index contributed by atoms with van der Waals surface area (Å²) in [6.07, 6.45) is 6.36. The molecule has 0 saturated carbocycles. The van der Waals surface area contributed by atoms with Crippen molar-refractivity contribution >= 4 is 12.0 Å². The molecule has 18 heavy (non-hydrogen) atoms. The van der Waals surface area contributed by atoms with E-state index in [0.29, 0.717) is 13.0 Å². The quantitative estimate of drug-likeness (QED) is 0.615. The summed E-state index contributed by atoms with van der Waals surface area (Å²) >= 11 is 0. The summed E-state index contributed by atoms with van der Waals surface area (Å²) in [6, 6.07) is -1.28. The summed E-state index contributed by atoms with van der Waals surface area (Å²) in [5.41, 5.74) is 0. The molecule has 0 unspecified atom stereocenters. The molecule has 0 aliphatic rings. The van der Waals surface area contributed by atoms with Gasteiger partial charge >= 0.3 is 12.0 Å². The van der Waals surface area contributed by atoms with Crippen LogP contribution in [0.1, 0.15) is 19.8 Å². The first-order chi connectivity index (χ1) is 8.63. The molecule has 3 N–H and O–H groups in total. The van der Waals surface area contributed by atoms with Crippen LogP contribution in [0.2, 0.25) is 0 Å². The first-order valence-electron chi connectivity index (χ1n) is 5.86. The lowest BCUT2D eigenvalue weighted by molar-refractivity contribution is -0.139. The minimum Gasteiger partial charge on any atom is -0.480 e. The van der Waals surface area contributed by atoms with Gasteiger partial charge in [-0.05, 0) is 12.8 Å². The molecular weight excluding hydrogens is 236 g/mol. The van der Waals surface area contributed by atoms with Crippen LogP contribution in [0.3, 0.4) is 0 Å². The number of amides is 2. The van der Waals surface area contributed by atoms with E-state index < -0.39 is 18.0 Å². The van der Waals surface area contributed by atoms with Crippen molar-refractivity contribution in [2.24, 2.45) is 0 Å². The number of urea groups is 1. The fourth-order valence-corrected chi connectivity index (χ4v) is 1.43. The smallest absolute Gasteiger partial charge is 0.326 e. The molecule has 1 rings (SSSR count). The van der Waals surface area contributed by atoms with Gasteiger partial charge < -0.3 is 20.3 Å². The van der Waals surface area contributed by atoms with E-state index in [-0.39, 0.29) is 0 Å². The summed E-state index contributed by atoms with van der Waals surface area (Å²) < 4.78 is 1.91. The van der Waals surface area contributed by atoms with E-state index in [4.69, 9.17) is 5.11 Å². The third kappa shape index (κ3) is 4.86. The Morgan fingerprint density at radius 3 is 2.83 bits per heavy atom. The van der Waals surface area contributed by atoms with Crippen molar-refractivity contribution in [2.75, 3.05) is 6.54 Å². The summed E-state index contributed by atoms with van der Waals surface area (Å²) in [6.45, 7) is 2.95. The number of aromatic nitrogens is 2. The van der Waals surface area contributed by atoms with Crippen LogP contribution in [0.5, 0.6) is 0 Å². The highest BCUT2D eigenvalue weighted by Gasteiger charge is 2.16. The zero-order valence-electron chi connectivity index (χ0n) is 10.3. The van der Waals surface area contributed by atoms with Crippen LogP contribution in [0.25, 0.3) is 0 Å². The number of carboxylic acids is 1. The molecule has 0 aliphatic heterocycles. The summed E-state index contributed by atoms with van der Waals surface area (Å²) in [5, 5.41) is 13.8. The topological polar surface area (TPSA) is 96.3 Å². The second-order valence-corrected chi connectivity index (χ2v) is 3.85. The van der Waals surface area contributed by atoms with Gasteiger partial charge in [0.15, 0.2) is 0 Å². The Hall–Kier alpha value is -2.05. The number of imidazole rings is 1. The van der Waals surface area contributed by atoms with E-state index in [9.17, 15) is 9.59 Å². The maximum Gasteiger partial charge on any atom is 0.326 e. The predicted octanol–water partition coefficient (Wildman–Crippen LogP) is 0.436. The van der Waals surface area contributed by atoms with Gasteiger partial charge in [0.05, 0.1) is 6.33 Å². The second-order valence-electron chi connectivity index (χ2n) is 3.85. The number of carbonyl (C=O) groups excluding carboxylic acids is 1. The average Bonchev–Trinajstić information content (AvgIpc) is 2.84. The van der Waals surface area contributed by atoms with Crippen LogP contribution in [-0.2, 0) is 11.3 Å². The van der Waals surface area contributed by atoms with Crippen molar-refractivity contribution in [1.82, 2.24) is 20.2 Å². The number of hydrogen-bond donors (Lipinski definition) is 3. The number of aliphatic carboxylic acids is 1. The number of nitrogens with zero attached hydrogens (tertiary/aromatic N) is 2. The Morgan fingerprint density at radius 1 is 1.50 bits per heavy atom. The minimum absolute atomic E-state index is 0.359. The van der Waals surface area contributed by atoms with Crippen molar-refractivity contribution in [2.45, 2.75) is 32.4 Å². The maximum absolute atomic E-state index is 11.4. The zero-order valence-corrected chi connectivity index (χ0v) is 10.3. The highest BCUT2D eigenvalue weighted by Crippen LogP contribution is 1.91. The molecule has 0 radical (unpaired) electrons. The van der Waals surface area contributed by atoms with Gasteiger partial charge in [-0.15, -0.1) is 0 Å². The monoisotopic (exact) mass is 254 g/mol. The Labute approximate surface area is 105 Å². The predicted molar refractivity (Wildman–Crippen MR) is 65.1 cm³/mol. The van der Waals surface area contributed by atoms with Crippen LogP contribution < -0.4 is 10.6 Å². The van der Waals surface area contributed by atoms with Gasteiger partial charge in [0.2, 0.25) is 0 Å². The van der Waals surface area contributed by atoms with E-state index in [2.05, 4.69) is 15.6 Å². The fourth-order valence-electron chi connectivity index (χ4n) is 1.43. The van der Waals surface area contributed by atoms with Crippen LogP contribution in [-0.4, -0.2) is 39.2 Å². The lowest BCUT2D eigenvalue weighted by Gasteiger charge is -2.13. The SMILES string of the molecule is CC[C@H](NC(=O)NCCCn1ccnc1)C(=O)O. The molecule has 7 heteroatoms. The standard InChI is InChI=1S/C11H18N4O3/c1-2-9(10(16)17)14-11(18)13-4-3-6-15-7-5-12-8-15/h5,7-9H,2-4,6H2,1H3,(H,16,17)(H2,13,14,18)/t9-/m0/s1. The summed E-state index contributed by atoms with van der Waals surface area (Å²) in [5.74, 6) is -1.02. The van der Waals surface area contributed by atoms with Gasteiger partial charge in [-0.2, -0.15) is 0 Å². The summed E-state index contributed by atoms with van der Waals surface area (Å²) in [7, 11) is 0. The Balaban J connectivity index is 2.15. The molecule has 0 bridgehead atoms. The molecule has 0 saturated heterocycles. The van der Waals surface area contributed by atoms with Crippen molar-refractivity contribution in [3.05, 3.63) is 18.7 Å². The molecule has 0 aromatic carbocycles. The lowest BCUT2D eigenvalue weighted by Crippen LogP contribution is -2.45. The molecule has 0 spiro atoms. The van der Waals surface area contributed by atoms with E-state index in [1.54, 1.807) is 19.4 Å². The highest BCUT2D eigenvalue weighted by atomic mass is 16.4. The number of nitrogens with one attached hydrogen (secondary N) is 2. The van der Waals surface area contributed by atoms with Gasteiger partial charge in [-0.1, -0.05) is 6.92 Å². The normalized spacial score (nSPS) is 11.8. The molecule has 2 amide bonds. The Morgan fingerprint density at radius 2 is 2.28 bits per heavy atom. The van der Waals surface area contributed by atoms with Crippen LogP contribution in [0.4, 0.5) is 4.79 Å². The van der Waals surface area contributed by atoms with E-state index in [1.165, 1.54) is 0 Å². The first kappa shape index (κ1) is 14.0. The van der Waals surface area contributed by atoms with Gasteiger partial charge in [0.25, 0.3) is 0 Å². The Bertz CT molecular complexity index is 378. The molecule has 1 aromatic heterocycles. The summed E-state index contributed by atoms with van der Waals surface area (Å²) in [4.78, 5) is 26.0. The van der Waals surface area contributed by atoms with Crippen LogP contribution in [0.15, 0.2) is 18.7 Å². The molecule has 1 atom stereocenters. The molecule has 0 fully saturated rings. The maximum atomic E-state index is 11.4. The molecular formula is C11H18N4O3. The van der Waals surface area contributed by atoms with Gasteiger partial charge in [0.1, 0.15) is 6.04 Å². The van der Waals surface area contributed by atoms with Crippen LogP contribution in [0, 0.1) is 0 Å². The Kier molecular flexibility index (Phi) is 5.69. The number of rotatable bonds is 7. The van der Waals surface area contributed by atoms with E-state index in [0.717, 1.165) is 13.0 Å². The fraction of sp³-hybridized carbons (Fsp3) is 0.545. The minimum atomic E-state index is -1.02. The number of hydrogen-bond acceptors (Lipinski definition) is 3. The van der Waals surface area contributed by atoms with Crippen LogP contribution >= 0.6 is 0 Å². The second kappa shape index (κ2) is 7.31. The van der Waals surface area contributed by atoms with E-state index >= 15 is 0 Å². The highest BCUT2D eigenvalue weighted by molar-refractivity contribution is 5.82. The lowest BCUT2D eigenvalue weighted by atomic mass is 10.2. The third-order valence-corrected chi connectivity index (χ3v) is 2.45. The van der Waals surface area contributed by atoms with Crippen molar-refractivity contribution in [3.63, 3.8) is 0 Å². The molecule has 0 aliphatic carbocycles. The van der Waals surface area contributed by atoms with Gasteiger partial charge in [-0.25, -0.2) is 14.6 Å². The third-order valence-electron chi connectivity index (χ3n) is 2.45. The van der Waals surface area contributed by atoms with E-state index in [1.807, 2.05) is 10.8 Å². The number of carbonyl (C=O) groups is 2. The molecule has 100 valence electrons. The van der Waals surface area contributed by atoms with Gasteiger partial charge in [-0.3, -0.25) is 0 Å². The number of carboxylic acid groups (broad SMARTS) is 1. The molecule has 1 aromatic rings.